The number of ether oxygens (including phenoxy) is 2. The minimum absolute atomic E-state index is 0.193. The molecule has 0 fully saturated rings. The predicted octanol–water partition coefficient (Wildman–Crippen LogP) is 4.26. The molecule has 0 aromatic heterocycles. The number of rotatable bonds is 9. The van der Waals surface area contributed by atoms with Crippen LogP contribution in [-0.2, 0) is 11.2 Å². The van der Waals surface area contributed by atoms with E-state index in [0.29, 0.717) is 23.9 Å². The van der Waals surface area contributed by atoms with Crippen LogP contribution in [0.15, 0.2) is 48.5 Å². The standard InChI is InChI=1S/C20H24ClNO3/c1-3-5-16-8-10-18(11-9-16)24-13-12-22-20(23)15(2)25-19-7-4-6-17(21)14-19/h4,6-11,14-15H,3,5,12-13H2,1-2H3,(H,22,23). The van der Waals surface area contributed by atoms with E-state index < -0.39 is 6.10 Å². The van der Waals surface area contributed by atoms with Crippen molar-refractivity contribution in [2.45, 2.75) is 32.8 Å². The van der Waals surface area contributed by atoms with E-state index in [4.69, 9.17) is 21.1 Å². The van der Waals surface area contributed by atoms with Crippen molar-refractivity contribution in [1.82, 2.24) is 5.32 Å². The number of nitrogens with one attached hydrogen (secondary N) is 1. The molecule has 2 rings (SSSR count). The molecule has 4 nitrogen and oxygen atoms in total. The third kappa shape index (κ3) is 6.67. The molecule has 0 saturated carbocycles. The van der Waals surface area contributed by atoms with Gasteiger partial charge in [0.15, 0.2) is 6.10 Å². The number of amides is 1. The number of aryl methyl sites for hydroxylation is 1. The van der Waals surface area contributed by atoms with Crippen molar-refractivity contribution in [3.8, 4) is 11.5 Å². The largest absolute Gasteiger partial charge is 0.492 e. The van der Waals surface area contributed by atoms with Crippen LogP contribution < -0.4 is 14.8 Å². The molecule has 0 heterocycles. The van der Waals surface area contributed by atoms with Gasteiger partial charge < -0.3 is 14.8 Å². The molecule has 1 unspecified atom stereocenters. The number of benzene rings is 2. The van der Waals surface area contributed by atoms with E-state index in [0.717, 1.165) is 18.6 Å². The molecule has 0 spiro atoms. The Bertz CT molecular complexity index is 673. The van der Waals surface area contributed by atoms with E-state index in [1.807, 2.05) is 12.1 Å². The van der Waals surface area contributed by atoms with Gasteiger partial charge >= 0.3 is 0 Å². The highest BCUT2D eigenvalue weighted by Gasteiger charge is 2.14. The van der Waals surface area contributed by atoms with Gasteiger partial charge in [0.25, 0.3) is 5.91 Å². The first-order valence-corrected chi connectivity index (χ1v) is 8.88. The minimum Gasteiger partial charge on any atom is -0.492 e. The molecule has 0 aliphatic rings. The average Bonchev–Trinajstić information content (AvgIpc) is 2.60. The average molecular weight is 362 g/mol. The second kappa shape index (κ2) is 9.94. The number of hydrogen-bond donors (Lipinski definition) is 1. The van der Waals surface area contributed by atoms with Crippen LogP contribution in [0, 0.1) is 0 Å². The van der Waals surface area contributed by atoms with Gasteiger partial charge in [-0.1, -0.05) is 43.1 Å². The Hall–Kier alpha value is -2.20. The summed E-state index contributed by atoms with van der Waals surface area (Å²) in [5, 5.41) is 3.37. The van der Waals surface area contributed by atoms with Crippen molar-refractivity contribution < 1.29 is 14.3 Å². The summed E-state index contributed by atoms with van der Waals surface area (Å²) in [6.45, 7) is 4.68. The first-order chi connectivity index (χ1) is 12.1. The van der Waals surface area contributed by atoms with Gasteiger partial charge in [0.05, 0.1) is 6.54 Å². The van der Waals surface area contributed by atoms with Crippen LogP contribution in [0.5, 0.6) is 11.5 Å². The molecule has 2 aromatic carbocycles. The Morgan fingerprint density at radius 2 is 1.92 bits per heavy atom. The Kier molecular flexibility index (Phi) is 7.61. The molecule has 1 atom stereocenters. The van der Waals surface area contributed by atoms with E-state index in [2.05, 4.69) is 24.4 Å². The molecular formula is C20H24ClNO3. The van der Waals surface area contributed by atoms with Crippen molar-refractivity contribution in [3.63, 3.8) is 0 Å². The van der Waals surface area contributed by atoms with Gasteiger partial charge in [0.2, 0.25) is 0 Å². The molecule has 0 aliphatic heterocycles. The Balaban J connectivity index is 1.69. The molecule has 134 valence electrons. The smallest absolute Gasteiger partial charge is 0.260 e. The zero-order valence-electron chi connectivity index (χ0n) is 14.6. The maximum atomic E-state index is 12.0. The quantitative estimate of drug-likeness (QED) is 0.679. The van der Waals surface area contributed by atoms with Crippen LogP contribution in [0.4, 0.5) is 0 Å². The topological polar surface area (TPSA) is 47.6 Å². The van der Waals surface area contributed by atoms with E-state index >= 15 is 0 Å². The maximum Gasteiger partial charge on any atom is 0.260 e. The summed E-state index contributed by atoms with van der Waals surface area (Å²) in [5.41, 5.74) is 1.30. The van der Waals surface area contributed by atoms with Gasteiger partial charge in [0.1, 0.15) is 18.1 Å². The van der Waals surface area contributed by atoms with Crippen LogP contribution in [0.25, 0.3) is 0 Å². The third-order valence-electron chi connectivity index (χ3n) is 3.61. The molecule has 5 heteroatoms. The fourth-order valence-corrected chi connectivity index (χ4v) is 2.51. The van der Waals surface area contributed by atoms with Gasteiger partial charge in [0, 0.05) is 5.02 Å². The molecule has 0 radical (unpaired) electrons. The second-order valence-corrected chi connectivity index (χ2v) is 6.19. The van der Waals surface area contributed by atoms with Crippen LogP contribution >= 0.6 is 11.6 Å². The molecule has 2 aromatic rings. The van der Waals surface area contributed by atoms with Gasteiger partial charge in [-0.2, -0.15) is 0 Å². The van der Waals surface area contributed by atoms with Gasteiger partial charge in [-0.05, 0) is 49.2 Å². The molecule has 1 N–H and O–H groups in total. The molecule has 1 amide bonds. The lowest BCUT2D eigenvalue weighted by atomic mass is 10.1. The van der Waals surface area contributed by atoms with E-state index in [9.17, 15) is 4.79 Å². The minimum atomic E-state index is -0.605. The fourth-order valence-electron chi connectivity index (χ4n) is 2.33. The first-order valence-electron chi connectivity index (χ1n) is 8.50. The van der Waals surface area contributed by atoms with Gasteiger partial charge in [-0.3, -0.25) is 4.79 Å². The lowest BCUT2D eigenvalue weighted by molar-refractivity contribution is -0.127. The summed E-state index contributed by atoms with van der Waals surface area (Å²) >= 11 is 5.90. The zero-order valence-corrected chi connectivity index (χ0v) is 15.4. The molecule has 0 aliphatic carbocycles. The SMILES string of the molecule is CCCc1ccc(OCCNC(=O)C(C)Oc2cccc(Cl)c2)cc1. The molecule has 0 saturated heterocycles. The van der Waals surface area contributed by atoms with E-state index in [1.165, 1.54) is 5.56 Å². The van der Waals surface area contributed by atoms with Crippen LogP contribution in [-0.4, -0.2) is 25.2 Å². The van der Waals surface area contributed by atoms with Crippen molar-refractivity contribution >= 4 is 17.5 Å². The number of carbonyl (C=O) groups is 1. The van der Waals surface area contributed by atoms with Crippen molar-refractivity contribution in [3.05, 3.63) is 59.1 Å². The lowest BCUT2D eigenvalue weighted by Crippen LogP contribution is -2.38. The number of carbonyl (C=O) groups excluding carboxylic acids is 1. The summed E-state index contributed by atoms with van der Waals surface area (Å²) in [4.78, 5) is 12.0. The number of halogens is 1. The van der Waals surface area contributed by atoms with E-state index in [1.54, 1.807) is 31.2 Å². The number of hydrogen-bond acceptors (Lipinski definition) is 3. The third-order valence-corrected chi connectivity index (χ3v) is 3.85. The van der Waals surface area contributed by atoms with Crippen molar-refractivity contribution in [2.24, 2.45) is 0 Å². The van der Waals surface area contributed by atoms with Crippen LogP contribution in [0.2, 0.25) is 5.02 Å². The van der Waals surface area contributed by atoms with Crippen LogP contribution in [0.1, 0.15) is 25.8 Å². The predicted molar refractivity (Wildman–Crippen MR) is 100 cm³/mol. The monoisotopic (exact) mass is 361 g/mol. The highest BCUT2D eigenvalue weighted by molar-refractivity contribution is 6.30. The van der Waals surface area contributed by atoms with Crippen molar-refractivity contribution in [2.75, 3.05) is 13.2 Å². The van der Waals surface area contributed by atoms with Gasteiger partial charge in [-0.15, -0.1) is 0 Å². The Labute approximate surface area is 154 Å². The molecule has 25 heavy (non-hydrogen) atoms. The summed E-state index contributed by atoms with van der Waals surface area (Å²) in [6.07, 6.45) is 1.59. The summed E-state index contributed by atoms with van der Waals surface area (Å²) < 4.78 is 11.2. The summed E-state index contributed by atoms with van der Waals surface area (Å²) in [7, 11) is 0. The maximum absolute atomic E-state index is 12.0. The second-order valence-electron chi connectivity index (χ2n) is 5.75. The molecular weight excluding hydrogens is 338 g/mol. The van der Waals surface area contributed by atoms with Crippen LogP contribution in [0.3, 0.4) is 0 Å². The van der Waals surface area contributed by atoms with Crippen molar-refractivity contribution in [1.29, 1.82) is 0 Å². The summed E-state index contributed by atoms with van der Waals surface area (Å²) in [5.74, 6) is 1.18. The Morgan fingerprint density at radius 1 is 1.16 bits per heavy atom. The first kappa shape index (κ1) is 19.1. The lowest BCUT2D eigenvalue weighted by Gasteiger charge is -2.15. The highest BCUT2D eigenvalue weighted by Crippen LogP contribution is 2.18. The highest BCUT2D eigenvalue weighted by atomic mass is 35.5. The fraction of sp³-hybridized carbons (Fsp3) is 0.350. The summed E-state index contributed by atoms with van der Waals surface area (Å²) in [6, 6.07) is 15.0. The van der Waals surface area contributed by atoms with E-state index in [-0.39, 0.29) is 5.91 Å². The Morgan fingerprint density at radius 3 is 2.60 bits per heavy atom. The molecule has 0 bridgehead atoms. The normalized spacial score (nSPS) is 11.6. The zero-order chi connectivity index (χ0) is 18.1. The van der Waals surface area contributed by atoms with Gasteiger partial charge in [-0.25, -0.2) is 0 Å².